The second-order valence-electron chi connectivity index (χ2n) is 4.83. The van der Waals surface area contributed by atoms with Gasteiger partial charge in [0.15, 0.2) is 0 Å². The Labute approximate surface area is 101 Å². The van der Waals surface area contributed by atoms with E-state index in [4.69, 9.17) is 5.73 Å². The molecule has 0 aromatic carbocycles. The van der Waals surface area contributed by atoms with Crippen molar-refractivity contribution in [2.24, 2.45) is 11.7 Å². The summed E-state index contributed by atoms with van der Waals surface area (Å²) in [6.07, 6.45) is 2.49. The van der Waals surface area contributed by atoms with Crippen molar-refractivity contribution in [1.29, 1.82) is 0 Å². The van der Waals surface area contributed by atoms with Crippen LogP contribution in [0.5, 0.6) is 0 Å². The molecule has 1 heterocycles. The van der Waals surface area contributed by atoms with Crippen molar-refractivity contribution in [3.05, 3.63) is 0 Å². The van der Waals surface area contributed by atoms with E-state index in [1.807, 2.05) is 7.05 Å². The van der Waals surface area contributed by atoms with Crippen LogP contribution in [0, 0.1) is 5.92 Å². The van der Waals surface area contributed by atoms with E-state index in [2.05, 4.69) is 10.2 Å². The van der Waals surface area contributed by atoms with Crippen molar-refractivity contribution in [3.8, 4) is 0 Å². The maximum absolute atomic E-state index is 11.4. The Morgan fingerprint density at radius 2 is 2.24 bits per heavy atom. The molecule has 1 atom stereocenters. The van der Waals surface area contributed by atoms with Gasteiger partial charge in [0, 0.05) is 25.7 Å². The highest BCUT2D eigenvalue weighted by atomic mass is 16.2. The molecule has 0 radical (unpaired) electrons. The minimum absolute atomic E-state index is 0.130. The van der Waals surface area contributed by atoms with Crippen LogP contribution in [0.3, 0.4) is 0 Å². The fraction of sp³-hybridized carbons (Fsp3) is 0.818. The fourth-order valence-electron chi connectivity index (χ4n) is 2.32. The third-order valence-electron chi connectivity index (χ3n) is 3.59. The molecule has 0 aromatic rings. The van der Waals surface area contributed by atoms with Crippen LogP contribution in [0.2, 0.25) is 0 Å². The van der Waals surface area contributed by atoms with Crippen molar-refractivity contribution in [2.75, 3.05) is 33.2 Å². The number of urea groups is 1. The van der Waals surface area contributed by atoms with Crippen LogP contribution >= 0.6 is 0 Å². The number of nitrogens with two attached hydrogens (primary N) is 1. The van der Waals surface area contributed by atoms with E-state index in [9.17, 15) is 9.59 Å². The molecule has 1 aliphatic carbocycles. The number of imide groups is 1. The summed E-state index contributed by atoms with van der Waals surface area (Å²) in [6, 6.07) is 0.106. The zero-order valence-corrected chi connectivity index (χ0v) is 10.2. The summed E-state index contributed by atoms with van der Waals surface area (Å²) in [5.41, 5.74) is 5.75. The average molecular weight is 240 g/mol. The Kier molecular flexibility index (Phi) is 3.63. The second-order valence-corrected chi connectivity index (χ2v) is 4.83. The molecule has 0 spiro atoms. The summed E-state index contributed by atoms with van der Waals surface area (Å²) < 4.78 is 0. The van der Waals surface area contributed by atoms with Crippen LogP contribution in [-0.2, 0) is 4.79 Å². The van der Waals surface area contributed by atoms with E-state index >= 15 is 0 Å². The van der Waals surface area contributed by atoms with Gasteiger partial charge in [0.1, 0.15) is 0 Å². The normalized spacial score (nSPS) is 22.2. The van der Waals surface area contributed by atoms with Crippen LogP contribution in [0.25, 0.3) is 0 Å². The molecular weight excluding hydrogens is 220 g/mol. The maximum atomic E-state index is 11.4. The Morgan fingerprint density at radius 1 is 1.53 bits per heavy atom. The van der Waals surface area contributed by atoms with Gasteiger partial charge in [-0.05, 0) is 25.8 Å². The highest BCUT2D eigenvalue weighted by Crippen LogP contribution is 2.34. The van der Waals surface area contributed by atoms with E-state index in [0.717, 1.165) is 0 Å². The number of carbonyl (C=O) groups is 2. The first kappa shape index (κ1) is 12.3. The van der Waals surface area contributed by atoms with Gasteiger partial charge in [-0.15, -0.1) is 0 Å². The predicted octanol–water partition coefficient (Wildman–Crippen LogP) is -0.793. The molecule has 0 aromatic heterocycles. The van der Waals surface area contributed by atoms with Crippen molar-refractivity contribution in [2.45, 2.75) is 18.9 Å². The van der Waals surface area contributed by atoms with E-state index < -0.39 is 0 Å². The monoisotopic (exact) mass is 240 g/mol. The number of carbonyl (C=O) groups excluding carboxylic acids is 2. The molecule has 1 aliphatic heterocycles. The molecule has 1 saturated carbocycles. The molecule has 3 amide bonds. The van der Waals surface area contributed by atoms with Crippen molar-refractivity contribution in [3.63, 3.8) is 0 Å². The Bertz CT molecular complexity index is 301. The minimum atomic E-state index is -0.279. The number of hydrogen-bond donors (Lipinski definition) is 2. The van der Waals surface area contributed by atoms with Gasteiger partial charge in [-0.3, -0.25) is 9.69 Å². The van der Waals surface area contributed by atoms with Gasteiger partial charge < -0.3 is 16.0 Å². The maximum Gasteiger partial charge on any atom is 0.324 e. The van der Waals surface area contributed by atoms with Crippen LogP contribution in [-0.4, -0.2) is 61.0 Å². The second kappa shape index (κ2) is 5.01. The van der Waals surface area contributed by atoms with Crippen LogP contribution < -0.4 is 11.1 Å². The summed E-state index contributed by atoms with van der Waals surface area (Å²) >= 11 is 0. The SMILES string of the molecule is CN(CCN1C(=O)CNC1=O)C(CN)C1CC1. The summed E-state index contributed by atoms with van der Waals surface area (Å²) in [7, 11) is 2.01. The third kappa shape index (κ3) is 2.76. The molecule has 6 nitrogen and oxygen atoms in total. The summed E-state index contributed by atoms with van der Waals surface area (Å²) in [5.74, 6) is 0.562. The third-order valence-corrected chi connectivity index (χ3v) is 3.59. The smallest absolute Gasteiger partial charge is 0.324 e. The molecule has 17 heavy (non-hydrogen) atoms. The quantitative estimate of drug-likeness (QED) is 0.596. The molecule has 1 unspecified atom stereocenters. The number of nitrogens with one attached hydrogen (secondary N) is 1. The summed E-state index contributed by atoms with van der Waals surface area (Å²) in [5, 5.41) is 2.52. The van der Waals surface area contributed by atoms with E-state index in [0.29, 0.717) is 31.6 Å². The molecule has 2 rings (SSSR count). The number of likely N-dealkylation sites (N-methyl/N-ethyl adjacent to an activating group) is 1. The summed E-state index contributed by atoms with van der Waals surface area (Å²) in [6.45, 7) is 1.91. The topological polar surface area (TPSA) is 78.7 Å². The van der Waals surface area contributed by atoms with Gasteiger partial charge in [0.25, 0.3) is 0 Å². The van der Waals surface area contributed by atoms with E-state index in [-0.39, 0.29) is 18.5 Å². The first-order chi connectivity index (χ1) is 8.13. The molecule has 6 heteroatoms. The van der Waals surface area contributed by atoms with Crippen LogP contribution in [0.15, 0.2) is 0 Å². The average Bonchev–Trinajstić information content (AvgIpc) is 3.07. The van der Waals surface area contributed by atoms with Gasteiger partial charge in [0.05, 0.1) is 6.54 Å². The van der Waals surface area contributed by atoms with Gasteiger partial charge in [-0.2, -0.15) is 0 Å². The van der Waals surface area contributed by atoms with Gasteiger partial charge in [-0.25, -0.2) is 4.79 Å². The molecule has 2 fully saturated rings. The lowest BCUT2D eigenvalue weighted by Crippen LogP contribution is -2.44. The Balaban J connectivity index is 1.80. The largest absolute Gasteiger partial charge is 0.329 e. The van der Waals surface area contributed by atoms with Gasteiger partial charge in [0.2, 0.25) is 5.91 Å². The number of nitrogens with zero attached hydrogens (tertiary/aromatic N) is 2. The van der Waals surface area contributed by atoms with Crippen molar-refractivity contribution < 1.29 is 9.59 Å². The molecule has 0 bridgehead atoms. The highest BCUT2D eigenvalue weighted by Gasteiger charge is 2.34. The van der Waals surface area contributed by atoms with E-state index in [1.54, 1.807) is 0 Å². The number of rotatable bonds is 6. The molecular formula is C11H20N4O2. The van der Waals surface area contributed by atoms with Crippen molar-refractivity contribution >= 4 is 11.9 Å². The first-order valence-electron chi connectivity index (χ1n) is 6.12. The molecule has 2 aliphatic rings. The van der Waals surface area contributed by atoms with Crippen molar-refractivity contribution in [1.82, 2.24) is 15.1 Å². The van der Waals surface area contributed by atoms with Gasteiger partial charge in [-0.1, -0.05) is 0 Å². The van der Waals surface area contributed by atoms with Crippen LogP contribution in [0.4, 0.5) is 4.79 Å². The lowest BCUT2D eigenvalue weighted by Gasteiger charge is -2.28. The Hall–Kier alpha value is -1.14. The fourth-order valence-corrected chi connectivity index (χ4v) is 2.32. The number of hydrogen-bond acceptors (Lipinski definition) is 4. The van der Waals surface area contributed by atoms with Crippen LogP contribution in [0.1, 0.15) is 12.8 Å². The van der Waals surface area contributed by atoms with E-state index in [1.165, 1.54) is 17.7 Å². The lowest BCUT2D eigenvalue weighted by atomic mass is 10.1. The molecule has 96 valence electrons. The number of amides is 3. The molecule has 3 N–H and O–H groups in total. The Morgan fingerprint density at radius 3 is 2.71 bits per heavy atom. The minimum Gasteiger partial charge on any atom is -0.329 e. The zero-order valence-electron chi connectivity index (χ0n) is 10.2. The predicted molar refractivity (Wildman–Crippen MR) is 63.3 cm³/mol. The highest BCUT2D eigenvalue weighted by molar-refractivity contribution is 6.01. The summed E-state index contributed by atoms with van der Waals surface area (Å²) in [4.78, 5) is 26.2. The molecule has 1 saturated heterocycles. The zero-order chi connectivity index (χ0) is 12.4. The van der Waals surface area contributed by atoms with Gasteiger partial charge >= 0.3 is 6.03 Å². The lowest BCUT2D eigenvalue weighted by molar-refractivity contribution is -0.125. The first-order valence-corrected chi connectivity index (χ1v) is 6.12. The standard InChI is InChI=1S/C11H20N4O2/c1-14(9(6-12)8-2-3-8)4-5-15-10(16)7-13-11(15)17/h8-9H,2-7,12H2,1H3,(H,13,17).